The number of rotatable bonds is 2. The summed E-state index contributed by atoms with van der Waals surface area (Å²) < 4.78 is 0. The monoisotopic (exact) mass is 309 g/mol. The highest BCUT2D eigenvalue weighted by Gasteiger charge is 2.57. The van der Waals surface area contributed by atoms with E-state index >= 15 is 0 Å². The second-order valence-electron chi connectivity index (χ2n) is 7.02. The van der Waals surface area contributed by atoms with Gasteiger partial charge >= 0.3 is 0 Å². The van der Waals surface area contributed by atoms with Gasteiger partial charge in [0.15, 0.2) is 5.11 Å². The molecule has 4 nitrogen and oxygen atoms in total. The van der Waals surface area contributed by atoms with Gasteiger partial charge in [-0.3, -0.25) is 5.43 Å². The highest BCUT2D eigenvalue weighted by Crippen LogP contribution is 2.56. The number of thiocarbonyl (C=S) groups is 1. The normalized spacial score (nSPS) is 44.2. The topological polar surface area (TPSA) is 70.6 Å². The summed E-state index contributed by atoms with van der Waals surface area (Å²) in [6.45, 7) is 2.26. The van der Waals surface area contributed by atoms with Gasteiger partial charge in [0.2, 0.25) is 0 Å². The minimum Gasteiger partial charge on any atom is -0.389 e. The van der Waals surface area contributed by atoms with E-state index in [9.17, 15) is 5.11 Å². The Balaban J connectivity index is 1.98. The summed E-state index contributed by atoms with van der Waals surface area (Å²) in [6, 6.07) is 0. The van der Waals surface area contributed by atoms with Gasteiger partial charge in [0.05, 0.1) is 5.60 Å². The molecule has 0 heterocycles. The first-order valence-corrected chi connectivity index (χ1v) is 8.84. The third-order valence-corrected chi connectivity index (χ3v) is 6.22. The highest BCUT2D eigenvalue weighted by molar-refractivity contribution is 7.80. The lowest BCUT2D eigenvalue weighted by atomic mass is 9.50. The molecule has 0 aromatic rings. The molecule has 0 aromatic carbocycles. The first kappa shape index (κ1) is 15.2. The molecule has 5 heteroatoms. The zero-order valence-electron chi connectivity index (χ0n) is 12.8. The molecule has 0 amide bonds. The van der Waals surface area contributed by atoms with Crippen LogP contribution < -0.4 is 11.2 Å². The molecule has 0 spiro atoms. The predicted molar refractivity (Wildman–Crippen MR) is 88.9 cm³/mol. The lowest BCUT2D eigenvalue weighted by Crippen LogP contribution is -2.61. The van der Waals surface area contributed by atoms with Crippen molar-refractivity contribution in [1.29, 1.82) is 0 Å². The first-order valence-electron chi connectivity index (χ1n) is 8.43. The van der Waals surface area contributed by atoms with Gasteiger partial charge in [-0.1, -0.05) is 32.6 Å². The fraction of sp³-hybridized carbons (Fsp3) is 0.875. The van der Waals surface area contributed by atoms with Crippen molar-refractivity contribution in [3.05, 3.63) is 0 Å². The van der Waals surface area contributed by atoms with Crippen molar-refractivity contribution in [3.63, 3.8) is 0 Å². The van der Waals surface area contributed by atoms with Gasteiger partial charge in [-0.05, 0) is 49.7 Å². The number of hydrogen-bond donors (Lipinski definition) is 3. The van der Waals surface area contributed by atoms with E-state index in [4.69, 9.17) is 18.0 Å². The van der Waals surface area contributed by atoms with Crippen molar-refractivity contribution >= 4 is 23.0 Å². The van der Waals surface area contributed by atoms with Crippen LogP contribution in [-0.2, 0) is 0 Å². The molecule has 0 radical (unpaired) electrons. The third-order valence-electron chi connectivity index (χ3n) is 6.13. The molecule has 3 fully saturated rings. The van der Waals surface area contributed by atoms with Crippen molar-refractivity contribution in [2.24, 2.45) is 34.5 Å². The molecule has 5 unspecified atom stereocenters. The van der Waals surface area contributed by atoms with Crippen LogP contribution in [0.1, 0.15) is 58.3 Å². The second kappa shape index (κ2) is 5.84. The number of hydrogen-bond acceptors (Lipinski definition) is 3. The Kier molecular flexibility index (Phi) is 4.23. The maximum Gasteiger partial charge on any atom is 0.184 e. The summed E-state index contributed by atoms with van der Waals surface area (Å²) in [5.41, 5.74) is 8.92. The van der Waals surface area contributed by atoms with Crippen molar-refractivity contribution in [1.82, 2.24) is 5.43 Å². The van der Waals surface area contributed by atoms with Crippen LogP contribution >= 0.6 is 12.2 Å². The van der Waals surface area contributed by atoms with E-state index in [0.717, 1.165) is 31.4 Å². The van der Waals surface area contributed by atoms with E-state index in [-0.39, 0.29) is 11.0 Å². The molecule has 3 aliphatic carbocycles. The van der Waals surface area contributed by atoms with Crippen molar-refractivity contribution in [3.8, 4) is 0 Å². The van der Waals surface area contributed by atoms with Crippen molar-refractivity contribution in [2.45, 2.75) is 63.9 Å². The summed E-state index contributed by atoms with van der Waals surface area (Å²) in [5.74, 6) is 1.71. The Morgan fingerprint density at radius 1 is 1.38 bits per heavy atom. The van der Waals surface area contributed by atoms with Gasteiger partial charge in [0, 0.05) is 17.5 Å². The molecule has 0 saturated heterocycles. The minimum absolute atomic E-state index is 0.200. The average molecular weight is 309 g/mol. The Bertz CT molecular complexity index is 453. The Morgan fingerprint density at radius 3 is 2.90 bits per heavy atom. The molecule has 0 aliphatic heterocycles. The first-order chi connectivity index (χ1) is 10.1. The summed E-state index contributed by atoms with van der Waals surface area (Å²) in [4.78, 5) is 0. The van der Waals surface area contributed by atoms with E-state index in [1.807, 2.05) is 0 Å². The van der Waals surface area contributed by atoms with Gasteiger partial charge in [-0.25, -0.2) is 0 Å². The number of nitrogens with zero attached hydrogens (tertiary/aromatic N) is 1. The van der Waals surface area contributed by atoms with E-state index < -0.39 is 5.60 Å². The van der Waals surface area contributed by atoms with Crippen LogP contribution in [0.4, 0.5) is 0 Å². The van der Waals surface area contributed by atoms with E-state index in [2.05, 4.69) is 17.5 Å². The number of nitrogens with one attached hydrogen (secondary N) is 1. The lowest BCUT2D eigenvalue weighted by molar-refractivity contribution is -0.126. The third kappa shape index (κ3) is 2.48. The molecule has 4 N–H and O–H groups in total. The predicted octanol–water partition coefficient (Wildman–Crippen LogP) is 2.55. The second-order valence-corrected chi connectivity index (χ2v) is 7.46. The van der Waals surface area contributed by atoms with Gasteiger partial charge in [0.1, 0.15) is 0 Å². The summed E-state index contributed by atoms with van der Waals surface area (Å²) in [5, 5.41) is 16.2. The number of nitrogens with two attached hydrogens (primary N) is 1. The van der Waals surface area contributed by atoms with Gasteiger partial charge in [-0.15, -0.1) is 0 Å². The molecule has 3 rings (SSSR count). The quantitative estimate of drug-likeness (QED) is 0.541. The number of fused-ring (bicyclic) bond motifs is 4. The van der Waals surface area contributed by atoms with Gasteiger partial charge < -0.3 is 10.8 Å². The van der Waals surface area contributed by atoms with Crippen LogP contribution in [-0.4, -0.2) is 21.5 Å². The Labute approximate surface area is 132 Å². The van der Waals surface area contributed by atoms with Crippen LogP contribution in [0, 0.1) is 23.7 Å². The van der Waals surface area contributed by atoms with Gasteiger partial charge in [0.25, 0.3) is 0 Å². The maximum absolute atomic E-state index is 11.5. The zero-order valence-corrected chi connectivity index (χ0v) is 13.7. The molecule has 3 aliphatic rings. The smallest absolute Gasteiger partial charge is 0.184 e. The molecular weight excluding hydrogens is 282 g/mol. The minimum atomic E-state index is -0.549. The Hall–Kier alpha value is -0.680. The fourth-order valence-electron chi connectivity index (χ4n) is 5.39. The van der Waals surface area contributed by atoms with Crippen LogP contribution in [0.25, 0.3) is 0 Å². The molecule has 5 atom stereocenters. The maximum atomic E-state index is 11.5. The number of aliphatic hydroxyl groups is 1. The standard InChI is InChI=1S/C16H27N3OS/c1-2-10-11-6-5-8-13(14(11)18-19-15(17)21)16(20)9-4-3-7-12(10)16/h10-13,20H,2-9H2,1H3,(H3,17,19,21)/b18-14+. The van der Waals surface area contributed by atoms with Crippen molar-refractivity contribution in [2.75, 3.05) is 0 Å². The average Bonchev–Trinajstić information content (AvgIpc) is 2.47. The summed E-state index contributed by atoms with van der Waals surface area (Å²) in [6.07, 6.45) is 9.08. The summed E-state index contributed by atoms with van der Waals surface area (Å²) >= 11 is 4.89. The van der Waals surface area contributed by atoms with Gasteiger partial charge in [-0.2, -0.15) is 5.10 Å². The van der Waals surface area contributed by atoms with Crippen LogP contribution in [0.5, 0.6) is 0 Å². The molecule has 2 bridgehead atoms. The zero-order chi connectivity index (χ0) is 15.0. The van der Waals surface area contributed by atoms with Crippen LogP contribution in [0.3, 0.4) is 0 Å². The van der Waals surface area contributed by atoms with Crippen LogP contribution in [0.15, 0.2) is 5.10 Å². The van der Waals surface area contributed by atoms with E-state index in [1.165, 1.54) is 25.7 Å². The molecule has 3 saturated carbocycles. The van der Waals surface area contributed by atoms with Crippen LogP contribution in [0.2, 0.25) is 0 Å². The fourth-order valence-corrected chi connectivity index (χ4v) is 5.44. The SMILES string of the molecule is CCC1C2CCCC(/C2=N/NC(N)=S)C2(O)CCCCC12. The van der Waals surface area contributed by atoms with Crippen molar-refractivity contribution < 1.29 is 5.11 Å². The van der Waals surface area contributed by atoms with E-state index in [0.29, 0.717) is 17.8 Å². The summed E-state index contributed by atoms with van der Waals surface area (Å²) in [7, 11) is 0. The molecular formula is C16H27N3OS. The molecule has 0 aromatic heterocycles. The number of hydrazone groups is 1. The largest absolute Gasteiger partial charge is 0.389 e. The Morgan fingerprint density at radius 2 is 2.19 bits per heavy atom. The molecule has 21 heavy (non-hydrogen) atoms. The molecule has 118 valence electrons. The lowest BCUT2D eigenvalue weighted by Gasteiger charge is -2.57. The van der Waals surface area contributed by atoms with E-state index in [1.54, 1.807) is 0 Å². The highest BCUT2D eigenvalue weighted by atomic mass is 32.1.